The molecule has 0 radical (unpaired) electrons. The van der Waals surface area contributed by atoms with Gasteiger partial charge in [0.2, 0.25) is 0 Å². The average molecular weight is 403 g/mol. The van der Waals surface area contributed by atoms with E-state index in [1.165, 1.54) is 6.92 Å². The highest BCUT2D eigenvalue weighted by Crippen LogP contribution is 2.19. The van der Waals surface area contributed by atoms with Gasteiger partial charge >= 0.3 is 5.97 Å². The molecule has 0 heterocycles. The number of benzene rings is 2. The molecule has 0 saturated heterocycles. The lowest BCUT2D eigenvalue weighted by molar-refractivity contribution is -0.148. The second kappa shape index (κ2) is 10.2. The molecule has 7 nitrogen and oxygen atoms in total. The number of carbonyl (C=O) groups is 4. The molecule has 0 unspecified atom stereocenters. The summed E-state index contributed by atoms with van der Waals surface area (Å²) in [5.41, 5.74) is 1.07. The van der Waals surface area contributed by atoms with E-state index in [1.807, 2.05) is 0 Å². The Labute approximate surface area is 167 Å². The van der Waals surface area contributed by atoms with Crippen LogP contribution in [-0.4, -0.2) is 30.2 Å². The normalized spacial score (nSPS) is 10.1. The fourth-order valence-corrected chi connectivity index (χ4v) is 2.33. The molecule has 2 rings (SSSR count). The first-order valence-electron chi connectivity index (χ1n) is 8.46. The Balaban J connectivity index is 1.96. The van der Waals surface area contributed by atoms with E-state index in [9.17, 15) is 19.2 Å². The van der Waals surface area contributed by atoms with Gasteiger partial charge in [0.25, 0.3) is 11.8 Å². The Morgan fingerprint density at radius 2 is 1.61 bits per heavy atom. The van der Waals surface area contributed by atoms with E-state index in [4.69, 9.17) is 16.3 Å². The van der Waals surface area contributed by atoms with E-state index in [0.29, 0.717) is 10.7 Å². The third kappa shape index (κ3) is 6.85. The van der Waals surface area contributed by atoms with Crippen molar-refractivity contribution in [2.24, 2.45) is 0 Å². The van der Waals surface area contributed by atoms with Gasteiger partial charge in [0.15, 0.2) is 6.61 Å². The molecular weight excluding hydrogens is 384 g/mol. The summed E-state index contributed by atoms with van der Waals surface area (Å²) in [6, 6.07) is 13.0. The van der Waals surface area contributed by atoms with E-state index >= 15 is 0 Å². The topological polar surface area (TPSA) is 102 Å². The molecule has 0 aromatic heterocycles. The number of halogens is 1. The second-order valence-corrected chi connectivity index (χ2v) is 6.35. The van der Waals surface area contributed by atoms with Gasteiger partial charge in [-0.3, -0.25) is 14.4 Å². The van der Waals surface area contributed by atoms with Gasteiger partial charge in [-0.1, -0.05) is 23.7 Å². The maximum absolute atomic E-state index is 12.5. The maximum Gasteiger partial charge on any atom is 0.306 e. The number of Topliss-reactive ketones (excluding diaryl/α,β-unsaturated/α-hetero) is 1. The van der Waals surface area contributed by atoms with E-state index < -0.39 is 24.4 Å². The number of amides is 2. The summed E-state index contributed by atoms with van der Waals surface area (Å²) in [5, 5.41) is 5.80. The summed E-state index contributed by atoms with van der Waals surface area (Å²) < 4.78 is 4.82. The van der Waals surface area contributed by atoms with Gasteiger partial charge in [-0.25, -0.2) is 0 Å². The first kappa shape index (κ1) is 21.1. The van der Waals surface area contributed by atoms with Gasteiger partial charge in [-0.05, 0) is 43.3 Å². The van der Waals surface area contributed by atoms with Crippen molar-refractivity contribution < 1.29 is 23.9 Å². The number of hydrogen-bond acceptors (Lipinski definition) is 5. The van der Waals surface area contributed by atoms with Gasteiger partial charge in [0.05, 0.1) is 17.7 Å². The van der Waals surface area contributed by atoms with E-state index in [2.05, 4.69) is 10.6 Å². The molecular formula is C20H19ClN2O5. The number of ether oxygens (including phenoxy) is 1. The smallest absolute Gasteiger partial charge is 0.306 e. The minimum atomic E-state index is -0.640. The van der Waals surface area contributed by atoms with Crippen molar-refractivity contribution in [3.05, 3.63) is 59.1 Å². The van der Waals surface area contributed by atoms with Gasteiger partial charge in [0, 0.05) is 17.1 Å². The highest BCUT2D eigenvalue weighted by Gasteiger charge is 2.15. The summed E-state index contributed by atoms with van der Waals surface area (Å²) in [5.74, 6) is -1.79. The minimum absolute atomic E-state index is 0.0636. The van der Waals surface area contributed by atoms with Crippen LogP contribution >= 0.6 is 11.6 Å². The summed E-state index contributed by atoms with van der Waals surface area (Å²) >= 11 is 5.82. The number of hydrogen-bond donors (Lipinski definition) is 2. The zero-order valence-electron chi connectivity index (χ0n) is 15.2. The number of anilines is 2. The first-order valence-corrected chi connectivity index (χ1v) is 8.84. The SMILES string of the molecule is CC(=O)CCC(=O)OCC(=O)Nc1ccccc1C(=O)Nc1ccc(Cl)cc1. The highest BCUT2D eigenvalue weighted by atomic mass is 35.5. The van der Waals surface area contributed by atoms with Crippen molar-refractivity contribution >= 4 is 46.5 Å². The molecule has 28 heavy (non-hydrogen) atoms. The largest absolute Gasteiger partial charge is 0.456 e. The van der Waals surface area contributed by atoms with E-state index in [-0.39, 0.29) is 29.9 Å². The monoisotopic (exact) mass is 402 g/mol. The van der Waals surface area contributed by atoms with Crippen molar-refractivity contribution in [2.75, 3.05) is 17.2 Å². The summed E-state index contributed by atoms with van der Waals surface area (Å²) in [7, 11) is 0. The Morgan fingerprint density at radius 1 is 0.929 bits per heavy atom. The van der Waals surface area contributed by atoms with Gasteiger partial charge in [-0.2, -0.15) is 0 Å². The van der Waals surface area contributed by atoms with Crippen molar-refractivity contribution in [3.63, 3.8) is 0 Å². The molecule has 2 amide bonds. The maximum atomic E-state index is 12.5. The summed E-state index contributed by atoms with van der Waals surface area (Å²) in [4.78, 5) is 46.9. The predicted molar refractivity (Wildman–Crippen MR) is 105 cm³/mol. The van der Waals surface area contributed by atoms with Crippen molar-refractivity contribution in [1.29, 1.82) is 0 Å². The number of carbonyl (C=O) groups excluding carboxylic acids is 4. The molecule has 0 aliphatic heterocycles. The molecule has 0 aliphatic carbocycles. The van der Waals surface area contributed by atoms with Crippen molar-refractivity contribution in [1.82, 2.24) is 0 Å². The second-order valence-electron chi connectivity index (χ2n) is 5.92. The third-order valence-electron chi connectivity index (χ3n) is 3.59. The van der Waals surface area contributed by atoms with Crippen LogP contribution in [0.5, 0.6) is 0 Å². The lowest BCUT2D eigenvalue weighted by atomic mass is 10.1. The summed E-state index contributed by atoms with van der Waals surface area (Å²) in [6.07, 6.45) is -0.0170. The molecule has 2 N–H and O–H groups in total. The van der Waals surface area contributed by atoms with Crippen LogP contribution in [0.25, 0.3) is 0 Å². The molecule has 0 spiro atoms. The number of rotatable bonds is 8. The molecule has 2 aromatic rings. The lowest BCUT2D eigenvalue weighted by Crippen LogP contribution is -2.23. The fourth-order valence-electron chi connectivity index (χ4n) is 2.20. The van der Waals surface area contributed by atoms with Crippen LogP contribution in [0, 0.1) is 0 Å². The number of esters is 1. The Morgan fingerprint density at radius 3 is 2.29 bits per heavy atom. The molecule has 146 valence electrons. The van der Waals surface area contributed by atoms with Crippen LogP contribution in [0.2, 0.25) is 5.02 Å². The molecule has 0 atom stereocenters. The van der Waals surface area contributed by atoms with Gasteiger partial charge in [-0.15, -0.1) is 0 Å². The highest BCUT2D eigenvalue weighted by molar-refractivity contribution is 6.30. The average Bonchev–Trinajstić information content (AvgIpc) is 2.67. The molecule has 0 bridgehead atoms. The van der Waals surface area contributed by atoms with E-state index in [1.54, 1.807) is 48.5 Å². The fraction of sp³-hybridized carbons (Fsp3) is 0.200. The molecule has 2 aromatic carbocycles. The predicted octanol–water partition coefficient (Wildman–Crippen LogP) is 3.44. The lowest BCUT2D eigenvalue weighted by Gasteiger charge is -2.12. The first-order chi connectivity index (χ1) is 13.3. The standard InChI is InChI=1S/C20H19ClN2O5/c1-13(24)6-11-19(26)28-12-18(25)23-17-5-3-2-4-16(17)20(27)22-15-9-7-14(21)8-10-15/h2-5,7-10H,6,11-12H2,1H3,(H,22,27)(H,23,25). The number of para-hydroxylation sites is 1. The van der Waals surface area contributed by atoms with Gasteiger partial charge < -0.3 is 20.2 Å². The van der Waals surface area contributed by atoms with Crippen LogP contribution < -0.4 is 10.6 Å². The quantitative estimate of drug-likeness (QED) is 0.658. The number of nitrogens with one attached hydrogen (secondary N) is 2. The van der Waals surface area contributed by atoms with Crippen LogP contribution in [0.3, 0.4) is 0 Å². The number of ketones is 1. The minimum Gasteiger partial charge on any atom is -0.456 e. The third-order valence-corrected chi connectivity index (χ3v) is 3.85. The van der Waals surface area contributed by atoms with E-state index in [0.717, 1.165) is 0 Å². The summed E-state index contributed by atoms with van der Waals surface area (Å²) in [6.45, 7) is 0.857. The van der Waals surface area contributed by atoms with Crippen LogP contribution in [0.15, 0.2) is 48.5 Å². The Kier molecular flexibility index (Phi) is 7.71. The zero-order chi connectivity index (χ0) is 20.5. The Hall–Kier alpha value is -3.19. The van der Waals surface area contributed by atoms with Gasteiger partial charge in [0.1, 0.15) is 5.78 Å². The molecule has 8 heteroatoms. The zero-order valence-corrected chi connectivity index (χ0v) is 15.9. The van der Waals surface area contributed by atoms with Crippen LogP contribution in [0.4, 0.5) is 11.4 Å². The Bertz CT molecular complexity index is 880. The van der Waals surface area contributed by atoms with Crippen LogP contribution in [0.1, 0.15) is 30.1 Å². The molecule has 0 fully saturated rings. The molecule has 0 aliphatic rings. The van der Waals surface area contributed by atoms with Crippen molar-refractivity contribution in [2.45, 2.75) is 19.8 Å². The van der Waals surface area contributed by atoms with Crippen LogP contribution in [-0.2, 0) is 19.1 Å². The molecule has 0 saturated carbocycles. The van der Waals surface area contributed by atoms with Crippen molar-refractivity contribution in [3.8, 4) is 0 Å².